The number of ether oxygens (including phenoxy) is 1. The number of para-hydroxylation sites is 1. The lowest BCUT2D eigenvalue weighted by Gasteiger charge is -2.12. The molecule has 1 atom stereocenters. The Hall–Kier alpha value is -2.95. The summed E-state index contributed by atoms with van der Waals surface area (Å²) < 4.78 is 18.4. The molecule has 24 heavy (non-hydrogen) atoms. The van der Waals surface area contributed by atoms with Crippen LogP contribution in [0.5, 0.6) is 0 Å². The Labute approximate surface area is 138 Å². The number of hydrogen-bond acceptors (Lipinski definition) is 3. The van der Waals surface area contributed by atoms with Crippen molar-refractivity contribution in [3.05, 3.63) is 71.2 Å². The molecule has 4 nitrogen and oxygen atoms in total. The number of benzene rings is 2. The number of aromatic nitrogens is 1. The van der Waals surface area contributed by atoms with Gasteiger partial charge in [-0.2, -0.15) is 0 Å². The number of nitrogens with one attached hydrogen (secondary N) is 1. The number of Topliss-reactive ketones (excluding diaryl/α,β-unsaturated/α-hetero) is 1. The van der Waals surface area contributed by atoms with Crippen LogP contribution in [0.4, 0.5) is 4.39 Å². The minimum absolute atomic E-state index is 0.0744. The van der Waals surface area contributed by atoms with Gasteiger partial charge in [0, 0.05) is 22.2 Å². The van der Waals surface area contributed by atoms with Gasteiger partial charge in [-0.3, -0.25) is 4.79 Å². The van der Waals surface area contributed by atoms with Gasteiger partial charge in [-0.1, -0.05) is 24.3 Å². The number of rotatable bonds is 4. The molecule has 2 aromatic carbocycles. The maximum atomic E-state index is 13.2. The van der Waals surface area contributed by atoms with Crippen molar-refractivity contribution in [1.29, 1.82) is 0 Å². The van der Waals surface area contributed by atoms with Crippen molar-refractivity contribution in [1.82, 2.24) is 4.98 Å². The number of carbonyl (C=O) groups excluding carboxylic acids is 2. The number of aryl methyl sites for hydroxylation is 1. The molecule has 3 rings (SSSR count). The van der Waals surface area contributed by atoms with Crippen LogP contribution in [0.2, 0.25) is 0 Å². The fourth-order valence-corrected chi connectivity index (χ4v) is 2.69. The second kappa shape index (κ2) is 6.28. The van der Waals surface area contributed by atoms with Crippen molar-refractivity contribution >= 4 is 22.7 Å². The molecule has 0 unspecified atom stereocenters. The van der Waals surface area contributed by atoms with E-state index in [9.17, 15) is 14.0 Å². The summed E-state index contributed by atoms with van der Waals surface area (Å²) in [4.78, 5) is 27.9. The highest BCUT2D eigenvalue weighted by atomic mass is 19.1. The Morgan fingerprint density at radius 3 is 2.62 bits per heavy atom. The standard InChI is InChI=1S/C19H16FNO3/c1-11-17(15-8-3-4-9-16(15)21-11)18(22)12(2)24-19(23)13-6-5-7-14(20)10-13/h3-10,12,21H,1-2H3/t12-/m1/s1. The topological polar surface area (TPSA) is 59.2 Å². The maximum absolute atomic E-state index is 13.2. The summed E-state index contributed by atoms with van der Waals surface area (Å²) in [6.07, 6.45) is -0.973. The number of esters is 1. The molecule has 1 aromatic heterocycles. The summed E-state index contributed by atoms with van der Waals surface area (Å²) in [6, 6.07) is 12.6. The molecule has 0 fully saturated rings. The van der Waals surface area contributed by atoms with Gasteiger partial charge in [0.15, 0.2) is 6.10 Å². The lowest BCUT2D eigenvalue weighted by atomic mass is 10.0. The summed E-state index contributed by atoms with van der Waals surface area (Å²) in [6.45, 7) is 3.31. The molecule has 122 valence electrons. The van der Waals surface area contributed by atoms with Gasteiger partial charge in [-0.15, -0.1) is 0 Å². The smallest absolute Gasteiger partial charge is 0.338 e. The highest BCUT2D eigenvalue weighted by Crippen LogP contribution is 2.24. The molecule has 0 saturated carbocycles. The van der Waals surface area contributed by atoms with Gasteiger partial charge < -0.3 is 9.72 Å². The van der Waals surface area contributed by atoms with Crippen molar-refractivity contribution < 1.29 is 18.7 Å². The Kier molecular flexibility index (Phi) is 4.16. The Bertz CT molecular complexity index is 929. The van der Waals surface area contributed by atoms with Crippen molar-refractivity contribution in [3.8, 4) is 0 Å². The number of H-pyrrole nitrogens is 1. The van der Waals surface area contributed by atoms with E-state index in [1.54, 1.807) is 6.92 Å². The monoisotopic (exact) mass is 325 g/mol. The fraction of sp³-hybridized carbons (Fsp3) is 0.158. The van der Waals surface area contributed by atoms with Gasteiger partial charge >= 0.3 is 5.97 Å². The van der Waals surface area contributed by atoms with Crippen LogP contribution >= 0.6 is 0 Å². The molecule has 1 N–H and O–H groups in total. The molecule has 0 aliphatic rings. The molecule has 0 saturated heterocycles. The van der Waals surface area contributed by atoms with Crippen LogP contribution in [-0.4, -0.2) is 22.8 Å². The molecule has 0 spiro atoms. The van der Waals surface area contributed by atoms with E-state index in [0.717, 1.165) is 22.7 Å². The quantitative estimate of drug-likeness (QED) is 0.582. The summed E-state index contributed by atoms with van der Waals surface area (Å²) in [5.41, 5.74) is 2.15. The lowest BCUT2D eigenvalue weighted by Crippen LogP contribution is -2.25. The van der Waals surface area contributed by atoms with E-state index >= 15 is 0 Å². The van der Waals surface area contributed by atoms with Gasteiger partial charge in [0.05, 0.1) is 5.56 Å². The van der Waals surface area contributed by atoms with Crippen molar-refractivity contribution in [2.45, 2.75) is 20.0 Å². The average Bonchev–Trinajstić information content (AvgIpc) is 2.89. The van der Waals surface area contributed by atoms with Gasteiger partial charge in [0.1, 0.15) is 5.82 Å². The molecule has 5 heteroatoms. The fourth-order valence-electron chi connectivity index (χ4n) is 2.69. The first kappa shape index (κ1) is 15.9. The number of carbonyl (C=O) groups is 2. The predicted molar refractivity (Wildman–Crippen MR) is 88.6 cm³/mol. The highest BCUT2D eigenvalue weighted by molar-refractivity contribution is 6.11. The lowest BCUT2D eigenvalue weighted by molar-refractivity contribution is 0.0318. The van der Waals surface area contributed by atoms with E-state index in [2.05, 4.69) is 4.98 Å². The summed E-state index contributed by atoms with van der Waals surface area (Å²) in [7, 11) is 0. The van der Waals surface area contributed by atoms with E-state index in [-0.39, 0.29) is 11.3 Å². The molecule has 0 aliphatic heterocycles. The van der Waals surface area contributed by atoms with Gasteiger partial charge in [0.2, 0.25) is 5.78 Å². The second-order valence-electron chi connectivity index (χ2n) is 5.59. The first-order valence-corrected chi connectivity index (χ1v) is 7.55. The first-order chi connectivity index (χ1) is 11.5. The number of halogens is 1. The Morgan fingerprint density at radius 1 is 1.12 bits per heavy atom. The average molecular weight is 325 g/mol. The Balaban J connectivity index is 1.84. The van der Waals surface area contributed by atoms with Crippen LogP contribution in [0, 0.1) is 12.7 Å². The van der Waals surface area contributed by atoms with E-state index < -0.39 is 17.9 Å². The van der Waals surface area contributed by atoms with E-state index in [1.165, 1.54) is 25.1 Å². The minimum Gasteiger partial charge on any atom is -0.451 e. The van der Waals surface area contributed by atoms with Crippen LogP contribution in [0.25, 0.3) is 10.9 Å². The number of aromatic amines is 1. The second-order valence-corrected chi connectivity index (χ2v) is 5.59. The van der Waals surface area contributed by atoms with E-state index in [4.69, 9.17) is 4.74 Å². The van der Waals surface area contributed by atoms with Crippen LogP contribution < -0.4 is 0 Å². The van der Waals surface area contributed by atoms with Crippen LogP contribution in [0.15, 0.2) is 48.5 Å². The van der Waals surface area contributed by atoms with Crippen LogP contribution in [0.3, 0.4) is 0 Å². The van der Waals surface area contributed by atoms with Crippen LogP contribution in [0.1, 0.15) is 33.3 Å². The molecule has 1 heterocycles. The minimum atomic E-state index is -0.973. The third-order valence-electron chi connectivity index (χ3n) is 3.85. The number of fused-ring (bicyclic) bond motifs is 1. The maximum Gasteiger partial charge on any atom is 0.338 e. The summed E-state index contributed by atoms with van der Waals surface area (Å²) in [5, 5.41) is 0.786. The zero-order valence-corrected chi connectivity index (χ0v) is 13.3. The molecule has 0 bridgehead atoms. The summed E-state index contributed by atoms with van der Waals surface area (Å²) in [5.74, 6) is -1.56. The zero-order chi connectivity index (χ0) is 17.3. The van der Waals surface area contributed by atoms with Gasteiger partial charge in [-0.05, 0) is 38.1 Å². The van der Waals surface area contributed by atoms with Crippen molar-refractivity contribution in [2.75, 3.05) is 0 Å². The first-order valence-electron chi connectivity index (χ1n) is 7.55. The normalized spacial score (nSPS) is 12.1. The third-order valence-corrected chi connectivity index (χ3v) is 3.85. The van der Waals surface area contributed by atoms with Crippen molar-refractivity contribution in [3.63, 3.8) is 0 Å². The van der Waals surface area contributed by atoms with Crippen LogP contribution in [-0.2, 0) is 4.74 Å². The number of ketones is 1. The van der Waals surface area contributed by atoms with E-state index in [1.807, 2.05) is 24.3 Å². The highest BCUT2D eigenvalue weighted by Gasteiger charge is 2.24. The zero-order valence-electron chi connectivity index (χ0n) is 13.3. The van der Waals surface area contributed by atoms with E-state index in [0.29, 0.717) is 5.56 Å². The molecule has 0 radical (unpaired) electrons. The summed E-state index contributed by atoms with van der Waals surface area (Å²) >= 11 is 0. The molecule has 3 aromatic rings. The van der Waals surface area contributed by atoms with Gasteiger partial charge in [0.25, 0.3) is 0 Å². The van der Waals surface area contributed by atoms with Crippen molar-refractivity contribution in [2.24, 2.45) is 0 Å². The Morgan fingerprint density at radius 2 is 1.88 bits per heavy atom. The molecule has 0 aliphatic carbocycles. The largest absolute Gasteiger partial charge is 0.451 e. The SMILES string of the molecule is Cc1[nH]c2ccccc2c1C(=O)[C@@H](C)OC(=O)c1cccc(F)c1. The molecule has 0 amide bonds. The number of hydrogen-bond donors (Lipinski definition) is 1. The van der Waals surface area contributed by atoms with Gasteiger partial charge in [-0.25, -0.2) is 9.18 Å². The molecular formula is C19H16FNO3. The third kappa shape index (κ3) is 2.93. The molecular weight excluding hydrogens is 309 g/mol. The predicted octanol–water partition coefficient (Wildman–Crippen LogP) is 4.04.